The number of halogens is 2. The molecule has 0 spiro atoms. The molecule has 1 aliphatic carbocycles. The first-order valence-electron chi connectivity index (χ1n) is 12.1. The maximum Gasteiger partial charge on any atom is 0.100 e. The number of rotatable bonds is 7. The van der Waals surface area contributed by atoms with Crippen LogP contribution in [0.4, 0.5) is 4.39 Å². The van der Waals surface area contributed by atoms with Crippen molar-refractivity contribution in [1.29, 1.82) is 0 Å². The topological polar surface area (TPSA) is 29.0 Å². The molecule has 2 aliphatic rings. The Hall–Kier alpha value is -2.98. The molecule has 174 valence electrons. The Morgan fingerprint density at radius 3 is 2.65 bits per heavy atom. The van der Waals surface area contributed by atoms with Crippen molar-refractivity contribution in [1.82, 2.24) is 14.9 Å². The van der Waals surface area contributed by atoms with Crippen molar-refractivity contribution in [2.75, 3.05) is 13.1 Å². The van der Waals surface area contributed by atoms with Crippen LogP contribution in [0.15, 0.2) is 72.6 Å². The third-order valence-electron chi connectivity index (χ3n) is 6.78. The summed E-state index contributed by atoms with van der Waals surface area (Å²) in [5.74, 6) is 0.380. The van der Waals surface area contributed by atoms with Crippen molar-refractivity contribution in [2.24, 2.45) is 5.92 Å². The van der Waals surface area contributed by atoms with E-state index in [2.05, 4.69) is 36.6 Å². The van der Waals surface area contributed by atoms with Gasteiger partial charge in [0.05, 0.1) is 22.4 Å². The Morgan fingerprint density at radius 1 is 1.12 bits per heavy atom. The molecule has 34 heavy (non-hydrogen) atoms. The number of hydrogen-bond donors (Lipinski definition) is 0. The van der Waals surface area contributed by atoms with Crippen molar-refractivity contribution in [3.8, 4) is 11.3 Å². The van der Waals surface area contributed by atoms with E-state index in [1.165, 1.54) is 0 Å². The Labute approximate surface area is 205 Å². The van der Waals surface area contributed by atoms with E-state index < -0.39 is 0 Å². The number of unbranched alkanes of at least 4 members (excludes halogenated alkanes) is 1. The van der Waals surface area contributed by atoms with E-state index in [-0.39, 0.29) is 5.83 Å². The van der Waals surface area contributed by atoms with Gasteiger partial charge < -0.3 is 4.90 Å². The second-order valence-corrected chi connectivity index (χ2v) is 9.65. The van der Waals surface area contributed by atoms with Crippen LogP contribution in [-0.2, 0) is 6.42 Å². The third kappa shape index (κ3) is 4.65. The fraction of sp³-hybridized carbons (Fsp3) is 0.310. The van der Waals surface area contributed by atoms with Crippen LogP contribution >= 0.6 is 11.6 Å². The summed E-state index contributed by atoms with van der Waals surface area (Å²) in [7, 11) is 0. The van der Waals surface area contributed by atoms with E-state index in [1.54, 1.807) is 6.08 Å². The van der Waals surface area contributed by atoms with E-state index in [1.807, 2.05) is 30.3 Å². The van der Waals surface area contributed by atoms with Crippen LogP contribution in [0.2, 0.25) is 5.02 Å². The molecule has 0 unspecified atom stereocenters. The summed E-state index contributed by atoms with van der Waals surface area (Å²) in [4.78, 5) is 12.3. The van der Waals surface area contributed by atoms with E-state index >= 15 is 0 Å². The van der Waals surface area contributed by atoms with Crippen molar-refractivity contribution in [3.05, 3.63) is 88.9 Å². The molecule has 3 nitrogen and oxygen atoms in total. The second kappa shape index (κ2) is 9.71. The Bertz CT molecular complexity index is 1290. The second-order valence-electron chi connectivity index (χ2n) is 9.22. The summed E-state index contributed by atoms with van der Waals surface area (Å²) < 4.78 is 13.7. The predicted molar refractivity (Wildman–Crippen MR) is 139 cm³/mol. The van der Waals surface area contributed by atoms with Gasteiger partial charge >= 0.3 is 0 Å². The molecule has 5 rings (SSSR count). The van der Waals surface area contributed by atoms with Gasteiger partial charge in [0.1, 0.15) is 5.83 Å². The van der Waals surface area contributed by atoms with Crippen molar-refractivity contribution < 1.29 is 4.39 Å². The Morgan fingerprint density at radius 2 is 1.91 bits per heavy atom. The van der Waals surface area contributed by atoms with Gasteiger partial charge in [-0.25, -0.2) is 14.4 Å². The van der Waals surface area contributed by atoms with Gasteiger partial charge in [-0.1, -0.05) is 55.8 Å². The lowest BCUT2D eigenvalue weighted by Crippen LogP contribution is -2.45. The fourth-order valence-electron chi connectivity index (χ4n) is 4.69. The van der Waals surface area contributed by atoms with Crippen LogP contribution in [0.1, 0.15) is 43.9 Å². The van der Waals surface area contributed by atoms with Gasteiger partial charge in [0, 0.05) is 41.7 Å². The Balaban J connectivity index is 1.39. The lowest BCUT2D eigenvalue weighted by molar-refractivity contribution is 0.207. The summed E-state index contributed by atoms with van der Waals surface area (Å²) in [6.45, 7) is 8.28. The average Bonchev–Trinajstić information content (AvgIpc) is 2.81. The number of aromatic nitrogens is 2. The minimum atomic E-state index is -0.000253. The maximum absolute atomic E-state index is 13.7. The van der Waals surface area contributed by atoms with Gasteiger partial charge in [-0.3, -0.25) is 0 Å². The number of nitrogens with zero attached hydrogens (tertiary/aromatic N) is 3. The van der Waals surface area contributed by atoms with Crippen LogP contribution in [0.3, 0.4) is 0 Å². The highest BCUT2D eigenvalue weighted by atomic mass is 35.5. The third-order valence-corrected chi connectivity index (χ3v) is 7.03. The van der Waals surface area contributed by atoms with E-state index in [9.17, 15) is 4.39 Å². The van der Waals surface area contributed by atoms with Gasteiger partial charge in [-0.15, -0.1) is 0 Å². The van der Waals surface area contributed by atoms with Crippen molar-refractivity contribution in [2.45, 2.75) is 39.0 Å². The van der Waals surface area contributed by atoms with E-state index in [4.69, 9.17) is 21.6 Å². The summed E-state index contributed by atoms with van der Waals surface area (Å²) in [5.41, 5.74) is 7.91. The summed E-state index contributed by atoms with van der Waals surface area (Å²) in [6, 6.07) is 14.0. The molecule has 1 saturated heterocycles. The SMILES string of the molecule is C=C(c1ccc2nc(-c3ccc(Cl)cc3)c(CCCC)nc2c1)N1CC(C2=CCCC(F)=C2)C1. The highest BCUT2D eigenvalue weighted by molar-refractivity contribution is 6.30. The number of allylic oxidation sites excluding steroid dienone is 3. The highest BCUT2D eigenvalue weighted by Gasteiger charge is 2.31. The average molecular weight is 474 g/mol. The molecule has 0 amide bonds. The molecule has 3 aromatic rings. The van der Waals surface area contributed by atoms with Crippen LogP contribution in [-0.4, -0.2) is 28.0 Å². The monoisotopic (exact) mass is 473 g/mol. The number of hydrogen-bond acceptors (Lipinski definition) is 3. The van der Waals surface area contributed by atoms with Crippen LogP contribution < -0.4 is 0 Å². The quantitative estimate of drug-likeness (QED) is 0.351. The van der Waals surface area contributed by atoms with Crippen molar-refractivity contribution in [3.63, 3.8) is 0 Å². The molecule has 5 heteroatoms. The lowest BCUT2D eigenvalue weighted by Gasteiger charge is -2.43. The summed E-state index contributed by atoms with van der Waals surface area (Å²) >= 11 is 6.10. The van der Waals surface area contributed by atoms with Gasteiger partial charge in [-0.2, -0.15) is 0 Å². The highest BCUT2D eigenvalue weighted by Crippen LogP contribution is 2.35. The molecule has 2 heterocycles. The molecule has 0 atom stereocenters. The van der Waals surface area contributed by atoms with Gasteiger partial charge in [0.25, 0.3) is 0 Å². The number of fused-ring (bicyclic) bond motifs is 1. The zero-order valence-corrected chi connectivity index (χ0v) is 20.3. The normalized spacial score (nSPS) is 16.3. The minimum Gasteiger partial charge on any atom is -0.370 e. The first kappa shape index (κ1) is 22.8. The van der Waals surface area contributed by atoms with E-state index in [0.717, 1.165) is 83.6 Å². The summed E-state index contributed by atoms with van der Waals surface area (Å²) in [6.07, 6.45) is 8.28. The molecule has 1 aliphatic heterocycles. The molecular formula is C29H29ClFN3. The fourth-order valence-corrected chi connectivity index (χ4v) is 4.82. The first-order valence-corrected chi connectivity index (χ1v) is 12.5. The van der Waals surface area contributed by atoms with Gasteiger partial charge in [-0.05, 0) is 60.7 Å². The minimum absolute atomic E-state index is 0.000253. The first-order chi connectivity index (χ1) is 16.5. The molecule has 1 aromatic heterocycles. The van der Waals surface area contributed by atoms with E-state index in [0.29, 0.717) is 17.4 Å². The molecule has 0 radical (unpaired) electrons. The molecular weight excluding hydrogens is 445 g/mol. The zero-order chi connectivity index (χ0) is 23.7. The smallest absolute Gasteiger partial charge is 0.100 e. The maximum atomic E-state index is 13.7. The predicted octanol–water partition coefficient (Wildman–Crippen LogP) is 7.77. The molecule has 1 fully saturated rings. The Kier molecular flexibility index (Phi) is 6.51. The number of aryl methyl sites for hydroxylation is 1. The van der Waals surface area contributed by atoms with Gasteiger partial charge in [0.15, 0.2) is 0 Å². The van der Waals surface area contributed by atoms with Crippen LogP contribution in [0, 0.1) is 5.92 Å². The number of likely N-dealkylation sites (tertiary alicyclic amines) is 1. The van der Waals surface area contributed by atoms with Gasteiger partial charge in [0.2, 0.25) is 0 Å². The van der Waals surface area contributed by atoms with Crippen molar-refractivity contribution >= 4 is 28.3 Å². The molecule has 0 N–H and O–H groups in total. The summed E-state index contributed by atoms with van der Waals surface area (Å²) in [5, 5.41) is 0.713. The lowest BCUT2D eigenvalue weighted by atomic mass is 9.87. The van der Waals surface area contributed by atoms with Crippen LogP contribution in [0.5, 0.6) is 0 Å². The standard InChI is InChI=1S/C29H29ClFN3/c1-3-4-8-27-29(20-9-12-24(30)13-10-20)33-26-14-11-21(16-28(26)32-27)19(2)34-17-23(18-34)22-6-5-7-25(31)15-22/h6,9-16,23H,2-5,7-8,17-18H2,1H3. The molecule has 0 bridgehead atoms. The molecule has 0 saturated carbocycles. The number of benzene rings is 2. The van der Waals surface area contributed by atoms with Crippen LogP contribution in [0.25, 0.3) is 28.0 Å². The molecule has 2 aromatic carbocycles. The largest absolute Gasteiger partial charge is 0.370 e. The zero-order valence-electron chi connectivity index (χ0n) is 19.5.